The zero-order valence-electron chi connectivity index (χ0n) is 14.7. The van der Waals surface area contributed by atoms with Crippen LogP contribution in [0.1, 0.15) is 29.8 Å². The summed E-state index contributed by atoms with van der Waals surface area (Å²) < 4.78 is 32.6. The molecule has 0 aliphatic carbocycles. The van der Waals surface area contributed by atoms with Crippen LogP contribution in [0.15, 0.2) is 47.4 Å². The van der Waals surface area contributed by atoms with Gasteiger partial charge >= 0.3 is 0 Å². The largest absolute Gasteiger partial charge is 0.495 e. The molecule has 0 fully saturated rings. The topological polar surface area (TPSA) is 84.5 Å². The van der Waals surface area contributed by atoms with Gasteiger partial charge in [-0.1, -0.05) is 12.1 Å². The molecule has 0 bridgehead atoms. The van der Waals surface area contributed by atoms with Gasteiger partial charge in [-0.3, -0.25) is 4.79 Å². The summed E-state index contributed by atoms with van der Waals surface area (Å²) in [6, 6.07) is 11.4. The second-order valence-corrected chi connectivity index (χ2v) is 7.65. The molecule has 2 aromatic carbocycles. The third-order valence-electron chi connectivity index (χ3n) is 3.38. The number of anilines is 1. The molecule has 2 rings (SSSR count). The van der Waals surface area contributed by atoms with Crippen LogP contribution in [0.25, 0.3) is 0 Å². The van der Waals surface area contributed by atoms with E-state index in [2.05, 4.69) is 10.0 Å². The van der Waals surface area contributed by atoms with Gasteiger partial charge in [0.1, 0.15) is 10.6 Å². The highest BCUT2D eigenvalue weighted by Crippen LogP contribution is 2.25. The lowest BCUT2D eigenvalue weighted by molar-refractivity contribution is 0.102. The Morgan fingerprint density at radius 1 is 1.12 bits per heavy atom. The number of carbonyl (C=O) groups is 1. The third-order valence-corrected chi connectivity index (χ3v) is 5.06. The molecule has 0 aliphatic rings. The van der Waals surface area contributed by atoms with Crippen LogP contribution >= 0.6 is 0 Å². The van der Waals surface area contributed by atoms with Gasteiger partial charge in [0.25, 0.3) is 5.91 Å². The first-order chi connectivity index (χ1) is 11.7. The van der Waals surface area contributed by atoms with Crippen LogP contribution in [-0.2, 0) is 10.0 Å². The van der Waals surface area contributed by atoms with E-state index in [9.17, 15) is 13.2 Å². The highest BCUT2D eigenvalue weighted by molar-refractivity contribution is 7.89. The number of amides is 1. The summed E-state index contributed by atoms with van der Waals surface area (Å²) in [4.78, 5) is 12.4. The summed E-state index contributed by atoms with van der Waals surface area (Å²) in [6.45, 7) is 5.36. The molecular formula is C18H22N2O4S. The average molecular weight is 362 g/mol. The molecule has 6 nitrogen and oxygen atoms in total. The summed E-state index contributed by atoms with van der Waals surface area (Å²) in [7, 11) is -2.41. The van der Waals surface area contributed by atoms with E-state index in [1.165, 1.54) is 25.3 Å². The van der Waals surface area contributed by atoms with Crippen LogP contribution in [0.5, 0.6) is 5.75 Å². The smallest absolute Gasteiger partial charge is 0.255 e. The van der Waals surface area contributed by atoms with E-state index < -0.39 is 15.9 Å². The number of aryl methyl sites for hydroxylation is 1. The molecule has 0 atom stereocenters. The van der Waals surface area contributed by atoms with E-state index in [1.807, 2.05) is 25.1 Å². The first kappa shape index (κ1) is 19.0. The van der Waals surface area contributed by atoms with E-state index in [-0.39, 0.29) is 22.3 Å². The third kappa shape index (κ3) is 4.80. The number of benzene rings is 2. The molecule has 0 radical (unpaired) electrons. The molecule has 0 spiro atoms. The van der Waals surface area contributed by atoms with Crippen molar-refractivity contribution in [2.45, 2.75) is 31.7 Å². The van der Waals surface area contributed by atoms with Gasteiger partial charge in [-0.15, -0.1) is 0 Å². The van der Waals surface area contributed by atoms with E-state index in [0.29, 0.717) is 5.69 Å². The minimum Gasteiger partial charge on any atom is -0.495 e. The first-order valence-corrected chi connectivity index (χ1v) is 9.29. The maximum Gasteiger partial charge on any atom is 0.255 e. The number of carbonyl (C=O) groups excluding carboxylic acids is 1. The van der Waals surface area contributed by atoms with Gasteiger partial charge in [-0.05, 0) is 56.7 Å². The number of nitrogens with one attached hydrogen (secondary N) is 2. The van der Waals surface area contributed by atoms with Crippen molar-refractivity contribution in [3.63, 3.8) is 0 Å². The van der Waals surface area contributed by atoms with Gasteiger partial charge in [-0.25, -0.2) is 13.1 Å². The van der Waals surface area contributed by atoms with Crippen molar-refractivity contribution in [3.8, 4) is 5.75 Å². The number of hydrogen-bond donors (Lipinski definition) is 2. The van der Waals surface area contributed by atoms with Crippen molar-refractivity contribution in [1.82, 2.24) is 4.72 Å². The predicted octanol–water partition coefficient (Wildman–Crippen LogP) is 2.94. The van der Waals surface area contributed by atoms with Crippen LogP contribution in [0, 0.1) is 6.92 Å². The molecule has 134 valence electrons. The molecule has 0 saturated carbocycles. The van der Waals surface area contributed by atoms with Crippen LogP contribution in [0.4, 0.5) is 5.69 Å². The van der Waals surface area contributed by atoms with Gasteiger partial charge in [0.15, 0.2) is 0 Å². The van der Waals surface area contributed by atoms with Crippen molar-refractivity contribution < 1.29 is 17.9 Å². The lowest BCUT2D eigenvalue weighted by atomic mass is 10.2. The molecule has 1 amide bonds. The maximum atomic E-state index is 12.5. The van der Waals surface area contributed by atoms with Crippen molar-refractivity contribution in [3.05, 3.63) is 53.6 Å². The number of rotatable bonds is 6. The first-order valence-electron chi connectivity index (χ1n) is 7.81. The molecule has 2 N–H and O–H groups in total. The normalized spacial score (nSPS) is 11.4. The average Bonchev–Trinajstić information content (AvgIpc) is 2.53. The van der Waals surface area contributed by atoms with Crippen LogP contribution in [0.3, 0.4) is 0 Å². The Hall–Kier alpha value is -2.38. The minimum atomic E-state index is -3.79. The quantitative estimate of drug-likeness (QED) is 0.827. The molecule has 0 aliphatic heterocycles. The van der Waals surface area contributed by atoms with Crippen LogP contribution in [-0.4, -0.2) is 27.5 Å². The Labute approximate surface area is 148 Å². The standard InChI is InChI=1S/C18H22N2O4S/c1-12(2)20-25(22,23)17-11-14(8-9-16(17)24-4)18(21)19-15-7-5-6-13(3)10-15/h5-12,20H,1-4H3,(H,19,21). The number of methoxy groups -OCH3 is 1. The summed E-state index contributed by atoms with van der Waals surface area (Å²) in [5.74, 6) is -0.213. The lowest BCUT2D eigenvalue weighted by Crippen LogP contribution is -2.30. The Balaban J connectivity index is 2.36. The van der Waals surface area contributed by atoms with Crippen LogP contribution < -0.4 is 14.8 Å². The summed E-state index contributed by atoms with van der Waals surface area (Å²) >= 11 is 0. The van der Waals surface area contributed by atoms with Crippen molar-refractivity contribution >= 4 is 21.6 Å². The zero-order valence-corrected chi connectivity index (χ0v) is 15.5. The second-order valence-electron chi connectivity index (χ2n) is 5.97. The van der Waals surface area contributed by atoms with Gasteiger partial charge in [0.05, 0.1) is 7.11 Å². The minimum absolute atomic E-state index is 0.0689. The van der Waals surface area contributed by atoms with E-state index in [4.69, 9.17) is 4.74 Å². The van der Waals surface area contributed by atoms with Crippen molar-refractivity contribution in [2.75, 3.05) is 12.4 Å². The van der Waals surface area contributed by atoms with Crippen molar-refractivity contribution in [1.29, 1.82) is 0 Å². The number of hydrogen-bond acceptors (Lipinski definition) is 4. The molecule has 0 heterocycles. The Morgan fingerprint density at radius 3 is 2.44 bits per heavy atom. The highest BCUT2D eigenvalue weighted by atomic mass is 32.2. The fourth-order valence-corrected chi connectivity index (χ4v) is 3.77. The van der Waals surface area contributed by atoms with Crippen LogP contribution in [0.2, 0.25) is 0 Å². The maximum absolute atomic E-state index is 12.5. The van der Waals surface area contributed by atoms with Gasteiger partial charge in [0, 0.05) is 17.3 Å². The summed E-state index contributed by atoms with van der Waals surface area (Å²) in [6.07, 6.45) is 0. The monoisotopic (exact) mass is 362 g/mol. The van der Waals surface area contributed by atoms with E-state index in [1.54, 1.807) is 19.9 Å². The highest BCUT2D eigenvalue weighted by Gasteiger charge is 2.22. The zero-order chi connectivity index (χ0) is 18.6. The SMILES string of the molecule is COc1ccc(C(=O)Nc2cccc(C)c2)cc1S(=O)(=O)NC(C)C. The number of ether oxygens (including phenoxy) is 1. The lowest BCUT2D eigenvalue weighted by Gasteiger charge is -2.14. The van der Waals surface area contributed by atoms with Crippen molar-refractivity contribution in [2.24, 2.45) is 0 Å². The molecule has 0 aromatic heterocycles. The Bertz CT molecular complexity index is 876. The fraction of sp³-hybridized carbons (Fsp3) is 0.278. The number of sulfonamides is 1. The molecule has 2 aromatic rings. The molecule has 7 heteroatoms. The van der Waals surface area contributed by atoms with E-state index >= 15 is 0 Å². The molecule has 25 heavy (non-hydrogen) atoms. The predicted molar refractivity (Wildman–Crippen MR) is 97.6 cm³/mol. The Kier molecular flexibility index (Phi) is 5.81. The summed E-state index contributed by atoms with van der Waals surface area (Å²) in [5.41, 5.74) is 1.88. The van der Waals surface area contributed by atoms with E-state index in [0.717, 1.165) is 5.56 Å². The Morgan fingerprint density at radius 2 is 1.84 bits per heavy atom. The molecule has 0 saturated heterocycles. The second kappa shape index (κ2) is 7.67. The molecular weight excluding hydrogens is 340 g/mol. The fourth-order valence-electron chi connectivity index (χ4n) is 2.33. The van der Waals surface area contributed by atoms with Gasteiger partial charge in [-0.2, -0.15) is 0 Å². The summed E-state index contributed by atoms with van der Waals surface area (Å²) in [5, 5.41) is 2.76. The van der Waals surface area contributed by atoms with Gasteiger partial charge < -0.3 is 10.1 Å². The molecule has 0 unspecified atom stereocenters. The van der Waals surface area contributed by atoms with Gasteiger partial charge in [0.2, 0.25) is 10.0 Å².